The van der Waals surface area contributed by atoms with Crippen LogP contribution in [0.15, 0.2) is 60.7 Å². The number of ether oxygens (including phenoxy) is 3. The first-order valence-electron chi connectivity index (χ1n) is 11.2. The molecular formula is C26H32NO5+. The predicted molar refractivity (Wildman–Crippen MR) is 120 cm³/mol. The molecule has 32 heavy (non-hydrogen) atoms. The van der Waals surface area contributed by atoms with E-state index in [0.717, 1.165) is 30.2 Å². The zero-order chi connectivity index (χ0) is 22.8. The lowest BCUT2D eigenvalue weighted by atomic mass is 9.85. The number of quaternary nitrogens is 1. The summed E-state index contributed by atoms with van der Waals surface area (Å²) in [5.41, 5.74) is -0.317. The van der Waals surface area contributed by atoms with Crippen molar-refractivity contribution in [3.63, 3.8) is 0 Å². The highest BCUT2D eigenvalue weighted by molar-refractivity contribution is 5.86. The van der Waals surface area contributed by atoms with Crippen LogP contribution in [-0.2, 0) is 29.4 Å². The number of fused-ring (bicyclic) bond motifs is 2. The van der Waals surface area contributed by atoms with Crippen LogP contribution in [-0.4, -0.2) is 62.4 Å². The van der Waals surface area contributed by atoms with Gasteiger partial charge in [0.2, 0.25) is 5.60 Å². The average molecular weight is 439 g/mol. The average Bonchev–Trinajstić information content (AvgIpc) is 2.96. The molecule has 0 spiro atoms. The third-order valence-corrected chi connectivity index (χ3v) is 7.34. The van der Waals surface area contributed by atoms with E-state index in [4.69, 9.17) is 14.2 Å². The fourth-order valence-electron chi connectivity index (χ4n) is 5.36. The lowest BCUT2D eigenvalue weighted by Gasteiger charge is -2.44. The van der Waals surface area contributed by atoms with Crippen LogP contribution in [0.1, 0.15) is 36.8 Å². The first kappa shape index (κ1) is 22.5. The largest absolute Gasteiger partial charge is 0.467 e. The topological polar surface area (TPSA) is 61.8 Å². The Balaban J connectivity index is 1.69. The summed E-state index contributed by atoms with van der Waals surface area (Å²) in [6, 6.07) is 19.5. The van der Waals surface area contributed by atoms with E-state index < -0.39 is 17.5 Å². The normalized spacial score (nSPS) is 24.0. The van der Waals surface area contributed by atoms with Gasteiger partial charge in [-0.05, 0) is 11.1 Å². The first-order valence-corrected chi connectivity index (χ1v) is 11.2. The molecule has 2 saturated heterocycles. The molecule has 0 aromatic heterocycles. The standard InChI is InChI=1S/C26H32NO5/c1-27(2)21-14-15-22(27)17-23(16-21)32-25(29)26(31-18-24(28)30-3,19-10-6-4-7-11-19)20-12-8-5-9-13-20/h4-13,21-23H,14-18H2,1-3H3/q+1. The first-order chi connectivity index (χ1) is 15.4. The van der Waals surface area contributed by atoms with Crippen molar-refractivity contribution in [2.45, 2.75) is 49.5 Å². The zero-order valence-electron chi connectivity index (χ0n) is 19.0. The van der Waals surface area contributed by atoms with Gasteiger partial charge in [0.05, 0.1) is 33.3 Å². The van der Waals surface area contributed by atoms with Gasteiger partial charge in [-0.3, -0.25) is 0 Å². The third kappa shape index (κ3) is 4.05. The molecule has 2 aromatic carbocycles. The molecule has 2 aliphatic heterocycles. The molecule has 0 N–H and O–H groups in total. The Morgan fingerprint density at radius 1 is 0.906 bits per heavy atom. The second kappa shape index (κ2) is 9.04. The van der Waals surface area contributed by atoms with Crippen molar-refractivity contribution in [1.82, 2.24) is 0 Å². The van der Waals surface area contributed by atoms with Crippen molar-refractivity contribution < 1.29 is 28.3 Å². The Bertz CT molecular complexity index is 888. The minimum absolute atomic E-state index is 0.167. The van der Waals surface area contributed by atoms with Crippen LogP contribution in [0.4, 0.5) is 0 Å². The number of rotatable bonds is 7. The summed E-state index contributed by atoms with van der Waals surface area (Å²) in [5.74, 6) is -1.04. The number of methoxy groups -OCH3 is 1. The van der Waals surface area contributed by atoms with Gasteiger partial charge in [-0.25, -0.2) is 9.59 Å². The summed E-state index contributed by atoms with van der Waals surface area (Å²) >= 11 is 0. The van der Waals surface area contributed by atoms with Gasteiger partial charge in [0.25, 0.3) is 0 Å². The fourth-order valence-corrected chi connectivity index (χ4v) is 5.36. The van der Waals surface area contributed by atoms with Crippen molar-refractivity contribution in [1.29, 1.82) is 0 Å². The van der Waals surface area contributed by atoms with E-state index in [0.29, 0.717) is 23.2 Å². The van der Waals surface area contributed by atoms with Crippen molar-refractivity contribution in [2.75, 3.05) is 27.8 Å². The molecule has 4 rings (SSSR count). The number of benzene rings is 2. The summed E-state index contributed by atoms with van der Waals surface area (Å²) in [4.78, 5) is 25.9. The smallest absolute Gasteiger partial charge is 0.348 e. The summed E-state index contributed by atoms with van der Waals surface area (Å²) in [7, 11) is 5.85. The molecule has 6 heteroatoms. The lowest BCUT2D eigenvalue weighted by Crippen LogP contribution is -2.56. The zero-order valence-corrected chi connectivity index (χ0v) is 19.0. The quantitative estimate of drug-likeness (QED) is 0.490. The van der Waals surface area contributed by atoms with E-state index in [-0.39, 0.29) is 12.7 Å². The highest BCUT2D eigenvalue weighted by Gasteiger charge is 2.52. The summed E-state index contributed by atoms with van der Waals surface area (Å²) in [5, 5.41) is 0. The number of nitrogens with zero attached hydrogens (tertiary/aromatic N) is 1. The van der Waals surface area contributed by atoms with E-state index in [2.05, 4.69) is 14.1 Å². The number of carbonyl (C=O) groups is 2. The van der Waals surface area contributed by atoms with E-state index >= 15 is 0 Å². The van der Waals surface area contributed by atoms with Crippen LogP contribution in [0.25, 0.3) is 0 Å². The molecule has 2 unspecified atom stereocenters. The third-order valence-electron chi connectivity index (χ3n) is 7.34. The molecule has 6 nitrogen and oxygen atoms in total. The summed E-state index contributed by atoms with van der Waals surface area (Å²) < 4.78 is 18.1. The molecule has 170 valence electrons. The number of hydrogen-bond donors (Lipinski definition) is 0. The van der Waals surface area contributed by atoms with Crippen LogP contribution in [0.3, 0.4) is 0 Å². The SMILES string of the molecule is COC(=O)COC(C(=O)OC1CC2CCC(C1)[N+]2(C)C)(c1ccccc1)c1ccccc1. The minimum atomic E-state index is -1.56. The van der Waals surface area contributed by atoms with Crippen molar-refractivity contribution in [3.8, 4) is 0 Å². The fraction of sp³-hybridized carbons (Fsp3) is 0.462. The highest BCUT2D eigenvalue weighted by Crippen LogP contribution is 2.42. The van der Waals surface area contributed by atoms with Crippen molar-refractivity contribution in [3.05, 3.63) is 71.8 Å². The Labute approximate surface area is 189 Å². The molecular weight excluding hydrogens is 406 g/mol. The van der Waals surface area contributed by atoms with E-state index in [1.165, 1.54) is 7.11 Å². The Morgan fingerprint density at radius 2 is 1.41 bits per heavy atom. The molecule has 2 fully saturated rings. The highest BCUT2D eigenvalue weighted by atomic mass is 16.6. The molecule has 2 bridgehead atoms. The molecule has 0 radical (unpaired) electrons. The number of esters is 2. The van der Waals surface area contributed by atoms with Crippen LogP contribution in [0.5, 0.6) is 0 Å². The van der Waals surface area contributed by atoms with E-state index in [1.807, 2.05) is 60.7 Å². The van der Waals surface area contributed by atoms with Gasteiger partial charge in [0.15, 0.2) is 0 Å². The van der Waals surface area contributed by atoms with Gasteiger partial charge in [-0.2, -0.15) is 0 Å². The second-order valence-corrected chi connectivity index (χ2v) is 9.29. The van der Waals surface area contributed by atoms with Gasteiger partial charge >= 0.3 is 11.9 Å². The van der Waals surface area contributed by atoms with Crippen LogP contribution >= 0.6 is 0 Å². The minimum Gasteiger partial charge on any atom is -0.467 e. The molecule has 2 heterocycles. The van der Waals surface area contributed by atoms with Crippen molar-refractivity contribution in [2.24, 2.45) is 0 Å². The maximum Gasteiger partial charge on any atom is 0.348 e. The number of carbonyl (C=O) groups excluding carboxylic acids is 2. The van der Waals surface area contributed by atoms with Crippen LogP contribution in [0.2, 0.25) is 0 Å². The van der Waals surface area contributed by atoms with E-state index in [1.54, 1.807) is 0 Å². The monoisotopic (exact) mass is 438 g/mol. The predicted octanol–water partition coefficient (Wildman–Crippen LogP) is 3.43. The molecule has 0 amide bonds. The molecule has 0 saturated carbocycles. The van der Waals surface area contributed by atoms with Crippen LogP contribution in [0, 0.1) is 0 Å². The molecule has 2 aliphatic rings. The van der Waals surface area contributed by atoms with Gasteiger partial charge < -0.3 is 18.7 Å². The Kier molecular flexibility index (Phi) is 6.35. The lowest BCUT2D eigenvalue weighted by molar-refractivity contribution is -0.931. The van der Waals surface area contributed by atoms with Crippen molar-refractivity contribution >= 4 is 11.9 Å². The van der Waals surface area contributed by atoms with Gasteiger partial charge in [0, 0.05) is 25.7 Å². The molecule has 2 atom stereocenters. The Hall–Kier alpha value is -2.70. The maximum atomic E-state index is 13.9. The molecule has 2 aromatic rings. The van der Waals surface area contributed by atoms with Gasteiger partial charge in [-0.15, -0.1) is 0 Å². The molecule has 0 aliphatic carbocycles. The van der Waals surface area contributed by atoms with Gasteiger partial charge in [0.1, 0.15) is 12.7 Å². The number of piperidine rings is 1. The Morgan fingerprint density at radius 3 is 1.88 bits per heavy atom. The number of hydrogen-bond acceptors (Lipinski definition) is 5. The van der Waals surface area contributed by atoms with Gasteiger partial charge in [-0.1, -0.05) is 60.7 Å². The summed E-state index contributed by atoms with van der Waals surface area (Å²) in [6.07, 6.45) is 3.83. The van der Waals surface area contributed by atoms with Crippen LogP contribution < -0.4 is 0 Å². The second-order valence-electron chi connectivity index (χ2n) is 9.29. The van der Waals surface area contributed by atoms with E-state index in [9.17, 15) is 9.59 Å². The maximum absolute atomic E-state index is 13.9. The summed E-state index contributed by atoms with van der Waals surface area (Å²) in [6.45, 7) is -0.366.